The van der Waals surface area contributed by atoms with Gasteiger partial charge in [-0.2, -0.15) is 0 Å². The molecule has 0 bridgehead atoms. The highest BCUT2D eigenvalue weighted by atomic mass is 35.7. The van der Waals surface area contributed by atoms with Crippen LogP contribution < -0.4 is 0 Å². The molecule has 5 heteroatoms. The lowest BCUT2D eigenvalue weighted by molar-refractivity contribution is 0.605. The summed E-state index contributed by atoms with van der Waals surface area (Å²) < 4.78 is 21.4. The maximum atomic E-state index is 10.7. The monoisotopic (exact) mass is 278 g/mol. The summed E-state index contributed by atoms with van der Waals surface area (Å²) >= 11 is 1.71. The normalized spacial score (nSPS) is 11.6. The summed E-state index contributed by atoms with van der Waals surface area (Å²) in [4.78, 5) is 1.24. The summed E-state index contributed by atoms with van der Waals surface area (Å²) in [5.41, 5.74) is 1.24. The van der Waals surface area contributed by atoms with Crippen molar-refractivity contribution < 1.29 is 8.42 Å². The van der Waals surface area contributed by atoms with Crippen LogP contribution in [0.3, 0.4) is 0 Å². The second-order valence-corrected chi connectivity index (χ2v) is 7.32. The first-order valence-electron chi connectivity index (χ1n) is 5.06. The fraction of sp³-hybridized carbons (Fsp3) is 0.455. The molecule has 1 rings (SSSR count). The zero-order valence-electron chi connectivity index (χ0n) is 9.15. The molecule has 0 spiro atoms. The lowest BCUT2D eigenvalue weighted by atomic mass is 10.1. The molecule has 0 aliphatic rings. The van der Waals surface area contributed by atoms with E-state index in [1.54, 1.807) is 11.8 Å². The van der Waals surface area contributed by atoms with Crippen molar-refractivity contribution in [1.29, 1.82) is 0 Å². The fourth-order valence-corrected chi connectivity index (χ4v) is 2.68. The third-order valence-electron chi connectivity index (χ3n) is 2.26. The SMILES string of the molecule is CSc1ccc(CCCCS(=O)(=O)Cl)cc1. The molecule has 16 heavy (non-hydrogen) atoms. The van der Waals surface area contributed by atoms with Crippen molar-refractivity contribution in [3.05, 3.63) is 29.8 Å². The molecule has 0 atom stereocenters. The van der Waals surface area contributed by atoms with Crippen LogP contribution in [0.1, 0.15) is 18.4 Å². The highest BCUT2D eigenvalue weighted by Gasteiger charge is 2.04. The number of rotatable bonds is 6. The van der Waals surface area contributed by atoms with Gasteiger partial charge in [-0.15, -0.1) is 11.8 Å². The average Bonchev–Trinajstić information content (AvgIpc) is 2.24. The minimum Gasteiger partial charge on any atom is -0.212 e. The number of halogens is 1. The largest absolute Gasteiger partial charge is 0.232 e. The average molecular weight is 279 g/mol. The Morgan fingerprint density at radius 2 is 1.81 bits per heavy atom. The van der Waals surface area contributed by atoms with Crippen molar-refractivity contribution in [3.63, 3.8) is 0 Å². The molecular weight excluding hydrogens is 264 g/mol. The Morgan fingerprint density at radius 3 is 2.31 bits per heavy atom. The Morgan fingerprint density at radius 1 is 1.19 bits per heavy atom. The third-order valence-corrected chi connectivity index (χ3v) is 4.25. The minimum absolute atomic E-state index is 0.0669. The van der Waals surface area contributed by atoms with Gasteiger partial charge in [0.1, 0.15) is 0 Å². The van der Waals surface area contributed by atoms with Crippen LogP contribution in [0.25, 0.3) is 0 Å². The number of hydrogen-bond acceptors (Lipinski definition) is 3. The first-order chi connectivity index (χ1) is 7.51. The zero-order valence-corrected chi connectivity index (χ0v) is 11.5. The Bertz CT molecular complexity index is 412. The first kappa shape index (κ1) is 13.9. The van der Waals surface area contributed by atoms with Gasteiger partial charge >= 0.3 is 0 Å². The van der Waals surface area contributed by atoms with E-state index >= 15 is 0 Å². The summed E-state index contributed by atoms with van der Waals surface area (Å²) in [5, 5.41) is 0. The number of thioether (sulfide) groups is 1. The predicted octanol–water partition coefficient (Wildman–Crippen LogP) is 3.30. The molecule has 0 heterocycles. The smallest absolute Gasteiger partial charge is 0.212 e. The Labute approximate surface area is 106 Å². The van der Waals surface area contributed by atoms with Crippen LogP contribution in [0, 0.1) is 0 Å². The van der Waals surface area contributed by atoms with Crippen molar-refractivity contribution in [1.82, 2.24) is 0 Å². The van der Waals surface area contributed by atoms with Crippen LogP contribution in [0.2, 0.25) is 0 Å². The van der Waals surface area contributed by atoms with Crippen LogP contribution in [0.4, 0.5) is 0 Å². The van der Waals surface area contributed by atoms with Crippen LogP contribution in [-0.2, 0) is 15.5 Å². The molecule has 0 radical (unpaired) electrons. The standard InChI is InChI=1S/C11H15ClO2S2/c1-15-11-7-5-10(6-8-11)4-2-3-9-16(12,13)14/h5-8H,2-4,9H2,1H3. The molecular formula is C11H15ClO2S2. The molecule has 0 N–H and O–H groups in total. The Hall–Kier alpha value is -0.190. The van der Waals surface area contributed by atoms with E-state index in [4.69, 9.17) is 10.7 Å². The molecule has 90 valence electrons. The molecule has 0 aliphatic heterocycles. The van der Waals surface area contributed by atoms with Crippen LogP contribution in [0.15, 0.2) is 29.2 Å². The number of aryl methyl sites for hydroxylation is 1. The van der Waals surface area contributed by atoms with E-state index in [2.05, 4.69) is 24.3 Å². The quantitative estimate of drug-likeness (QED) is 0.455. The summed E-state index contributed by atoms with van der Waals surface area (Å²) in [6, 6.07) is 8.33. The molecule has 2 nitrogen and oxygen atoms in total. The van der Waals surface area contributed by atoms with E-state index in [0.29, 0.717) is 6.42 Å². The van der Waals surface area contributed by atoms with Gasteiger partial charge in [0.15, 0.2) is 0 Å². The van der Waals surface area contributed by atoms with Crippen LogP contribution in [-0.4, -0.2) is 20.4 Å². The van der Waals surface area contributed by atoms with Gasteiger partial charge in [-0.05, 0) is 43.2 Å². The molecule has 0 aromatic heterocycles. The maximum absolute atomic E-state index is 10.7. The molecule has 0 aliphatic carbocycles. The lowest BCUT2D eigenvalue weighted by Gasteiger charge is -2.02. The number of benzene rings is 1. The van der Waals surface area contributed by atoms with Gasteiger partial charge in [0, 0.05) is 15.6 Å². The summed E-state index contributed by atoms with van der Waals surface area (Å²) in [5.74, 6) is 0.0669. The van der Waals surface area contributed by atoms with Gasteiger partial charge in [0.25, 0.3) is 0 Å². The van der Waals surface area contributed by atoms with Gasteiger partial charge in [0.2, 0.25) is 9.05 Å². The summed E-state index contributed by atoms with van der Waals surface area (Å²) in [6.07, 6.45) is 4.42. The molecule has 1 aromatic rings. The molecule has 1 aromatic carbocycles. The second kappa shape index (κ2) is 6.52. The number of unbranched alkanes of at least 4 members (excludes halogenated alkanes) is 1. The van der Waals surface area contributed by atoms with E-state index in [1.807, 2.05) is 6.26 Å². The van der Waals surface area contributed by atoms with Gasteiger partial charge < -0.3 is 0 Å². The summed E-state index contributed by atoms with van der Waals surface area (Å²) in [6.45, 7) is 0. The van der Waals surface area contributed by atoms with Gasteiger partial charge in [-0.3, -0.25) is 0 Å². The van der Waals surface area contributed by atoms with E-state index in [9.17, 15) is 8.42 Å². The first-order valence-corrected chi connectivity index (χ1v) is 8.77. The second-order valence-electron chi connectivity index (χ2n) is 3.55. The Balaban J connectivity index is 2.32. The van der Waals surface area contributed by atoms with E-state index in [0.717, 1.165) is 12.8 Å². The lowest BCUT2D eigenvalue weighted by Crippen LogP contribution is -1.97. The van der Waals surface area contributed by atoms with Gasteiger partial charge in [-0.1, -0.05) is 12.1 Å². The highest BCUT2D eigenvalue weighted by Crippen LogP contribution is 2.16. The van der Waals surface area contributed by atoms with Crippen molar-refractivity contribution in [2.45, 2.75) is 24.2 Å². The molecule has 0 saturated heterocycles. The van der Waals surface area contributed by atoms with Crippen molar-refractivity contribution in [2.24, 2.45) is 0 Å². The third kappa shape index (κ3) is 5.77. The van der Waals surface area contributed by atoms with Crippen molar-refractivity contribution in [2.75, 3.05) is 12.0 Å². The van der Waals surface area contributed by atoms with E-state index in [1.165, 1.54) is 10.5 Å². The van der Waals surface area contributed by atoms with Gasteiger partial charge in [-0.25, -0.2) is 8.42 Å². The zero-order chi connectivity index (χ0) is 12.0. The molecule has 0 unspecified atom stereocenters. The highest BCUT2D eigenvalue weighted by molar-refractivity contribution is 8.13. The van der Waals surface area contributed by atoms with E-state index in [-0.39, 0.29) is 5.75 Å². The predicted molar refractivity (Wildman–Crippen MR) is 70.8 cm³/mol. The fourth-order valence-electron chi connectivity index (χ4n) is 1.40. The minimum atomic E-state index is -3.32. The van der Waals surface area contributed by atoms with Crippen molar-refractivity contribution >= 4 is 31.5 Å². The van der Waals surface area contributed by atoms with Crippen LogP contribution in [0.5, 0.6) is 0 Å². The van der Waals surface area contributed by atoms with Gasteiger partial charge in [0.05, 0.1) is 5.75 Å². The number of hydrogen-bond donors (Lipinski definition) is 0. The molecule has 0 saturated carbocycles. The van der Waals surface area contributed by atoms with Crippen molar-refractivity contribution in [3.8, 4) is 0 Å². The molecule has 0 amide bonds. The molecule has 0 fully saturated rings. The topological polar surface area (TPSA) is 34.1 Å². The Kier molecular flexibility index (Phi) is 5.66. The van der Waals surface area contributed by atoms with Crippen LogP contribution >= 0.6 is 22.4 Å². The maximum Gasteiger partial charge on any atom is 0.232 e. The van der Waals surface area contributed by atoms with E-state index < -0.39 is 9.05 Å². The summed E-state index contributed by atoms with van der Waals surface area (Å²) in [7, 11) is 1.80.